The Bertz CT molecular complexity index is 1020. The van der Waals surface area contributed by atoms with E-state index in [1.807, 2.05) is 38.4 Å². The van der Waals surface area contributed by atoms with Crippen LogP contribution in [0.4, 0.5) is 0 Å². The van der Waals surface area contributed by atoms with Crippen LogP contribution >= 0.6 is 74.5 Å². The first kappa shape index (κ1) is 26.5. The van der Waals surface area contributed by atoms with Gasteiger partial charge in [-0.15, -0.1) is 0 Å². The van der Waals surface area contributed by atoms with E-state index in [4.69, 9.17) is 5.11 Å². The third-order valence-corrected chi connectivity index (χ3v) is 3.44. The molecule has 0 saturated carbocycles. The first-order chi connectivity index (χ1) is 13.5. The van der Waals surface area contributed by atoms with Crippen molar-refractivity contribution >= 4 is 102 Å². The number of nitrogens with zero attached hydrogens (tertiary/aromatic N) is 2. The molecule has 0 bridgehead atoms. The summed E-state index contributed by atoms with van der Waals surface area (Å²) in [5.74, 6) is -0.932. The Morgan fingerprint density at radius 2 is 1.61 bits per heavy atom. The molecule has 0 saturated heterocycles. The number of halogens is 5. The van der Waals surface area contributed by atoms with E-state index in [1.54, 1.807) is 6.20 Å². The first-order valence-electron chi connectivity index (χ1n) is 7.54. The number of hydrogen-bond acceptors (Lipinski definition) is 3. The Balaban J connectivity index is 0.000000233. The summed E-state index contributed by atoms with van der Waals surface area (Å²) in [6.07, 6.45) is 6.92. The van der Waals surface area contributed by atoms with Gasteiger partial charge in [0, 0.05) is 72.8 Å². The van der Waals surface area contributed by atoms with Crippen molar-refractivity contribution in [2.24, 2.45) is 0 Å². The summed E-state index contributed by atoms with van der Waals surface area (Å²) in [4.78, 5) is 24.8. The van der Waals surface area contributed by atoms with Crippen LogP contribution < -0.4 is 13.3 Å². The molecule has 0 unspecified atom stereocenters. The summed E-state index contributed by atoms with van der Waals surface area (Å²) >= 11 is 9.54. The van der Waals surface area contributed by atoms with Crippen LogP contribution in [-0.4, -0.2) is 31.0 Å². The van der Waals surface area contributed by atoms with Gasteiger partial charge in [0.15, 0.2) is 0 Å². The number of nitrogens with one attached hydrogen (secondary N) is 2. The number of fused-ring (bicyclic) bond motifs is 2. The zero-order valence-corrected chi connectivity index (χ0v) is 25.5. The van der Waals surface area contributed by atoms with Crippen molar-refractivity contribution in [2.75, 3.05) is 0 Å². The number of hydrogen-bond donors (Lipinski definition) is 3. The number of pyridine rings is 2. The second-order valence-corrected chi connectivity index (χ2v) is 21.6. The van der Waals surface area contributed by atoms with Gasteiger partial charge in [-0.2, -0.15) is 0 Å². The summed E-state index contributed by atoms with van der Waals surface area (Å²) in [6.45, 7) is 3.92. The molecule has 0 aromatic carbocycles. The van der Waals surface area contributed by atoms with Gasteiger partial charge in [0.1, 0.15) is 11.3 Å². The molecule has 4 aromatic rings. The molecular weight excluding hydrogens is 927 g/mol. The Kier molecular flexibility index (Phi) is 13.7. The summed E-state index contributed by atoms with van der Waals surface area (Å²) in [6, 6.07) is 5.94. The molecule has 0 amide bonds. The van der Waals surface area contributed by atoms with Crippen LogP contribution in [0.2, 0.25) is 0 Å². The monoisotopic (exact) mass is 943 g/mol. The van der Waals surface area contributed by atoms with Gasteiger partial charge in [0.2, 0.25) is 0 Å². The minimum atomic E-state index is -0.932. The first-order valence-corrected chi connectivity index (χ1v) is 26.4. The molecule has 0 spiro atoms. The Morgan fingerprint density at radius 1 is 1.04 bits per heavy atom. The Morgan fingerprint density at radius 3 is 2.21 bits per heavy atom. The molecular formula is C17H16I5N4O2-. The molecule has 4 rings (SSSR count). The van der Waals surface area contributed by atoms with Gasteiger partial charge in [-0.1, -0.05) is 0 Å². The van der Waals surface area contributed by atoms with Crippen molar-refractivity contribution in [3.63, 3.8) is 0 Å². The van der Waals surface area contributed by atoms with E-state index < -0.39 is 5.97 Å². The summed E-state index contributed by atoms with van der Waals surface area (Å²) in [5.41, 5.74) is 4.00. The molecule has 28 heavy (non-hydrogen) atoms. The summed E-state index contributed by atoms with van der Waals surface area (Å²) in [7, 11) is 0. The number of aryl methyl sites for hydroxylation is 2. The molecule has 0 aliphatic carbocycles. The Labute approximate surface area is 215 Å². The van der Waals surface area contributed by atoms with Crippen LogP contribution in [0.1, 0.15) is 21.5 Å². The fourth-order valence-electron chi connectivity index (χ4n) is 2.33. The van der Waals surface area contributed by atoms with Crippen LogP contribution in [0.25, 0.3) is 22.1 Å². The van der Waals surface area contributed by atoms with Crippen LogP contribution in [0.5, 0.6) is 0 Å². The van der Waals surface area contributed by atoms with Crippen molar-refractivity contribution in [3.05, 3.63) is 59.7 Å². The second kappa shape index (κ2) is 14.5. The molecule has 152 valence electrons. The molecule has 0 radical (unpaired) electrons. The molecule has 4 heterocycles. The predicted octanol–water partition coefficient (Wildman–Crippen LogP) is 3.99. The molecule has 6 nitrogen and oxygen atoms in total. The minimum absolute atomic E-state index is 0.270. The number of carboxylic acid groups (broad SMARTS) is 1. The average molecular weight is 943 g/mol. The predicted molar refractivity (Wildman–Crippen MR) is 145 cm³/mol. The quantitative estimate of drug-likeness (QED) is 0.252. The van der Waals surface area contributed by atoms with E-state index in [-0.39, 0.29) is 5.56 Å². The second-order valence-electron chi connectivity index (χ2n) is 5.40. The summed E-state index contributed by atoms with van der Waals surface area (Å²) in [5, 5.41) is 10.7. The van der Waals surface area contributed by atoms with Crippen LogP contribution in [-0.2, 0) is 0 Å². The number of carboxylic acids is 1. The maximum absolute atomic E-state index is 10.7. The third-order valence-electron chi connectivity index (χ3n) is 3.44. The van der Waals surface area contributed by atoms with Gasteiger partial charge in [-0.3, -0.25) is 0 Å². The fraction of sp³-hybridized carbons (Fsp3) is 0.118. The number of aromatic amines is 2. The maximum atomic E-state index is 10.7. The van der Waals surface area contributed by atoms with E-state index in [0.29, 0.717) is 24.3 Å². The number of aromatic carboxylic acids is 1. The van der Waals surface area contributed by atoms with Crippen molar-refractivity contribution in [1.29, 1.82) is 0 Å². The molecule has 0 fully saturated rings. The van der Waals surface area contributed by atoms with Crippen LogP contribution in [0, 0.1) is 13.8 Å². The molecule has 0 aliphatic rings. The van der Waals surface area contributed by atoms with Gasteiger partial charge in [0.05, 0.1) is 5.56 Å². The van der Waals surface area contributed by atoms with Crippen molar-refractivity contribution in [1.82, 2.24) is 19.9 Å². The molecule has 0 atom stereocenters. The SMILES string of the molecule is Cc1cnc2[nH]cc(C(=O)O)c2c1.Cc1cnc2[nH]ccc2c1.II.I[I-]I. The number of H-pyrrole nitrogens is 2. The van der Waals surface area contributed by atoms with Crippen LogP contribution in [0.3, 0.4) is 0 Å². The fourth-order valence-corrected chi connectivity index (χ4v) is 2.33. The van der Waals surface area contributed by atoms with Gasteiger partial charge in [-0.25, -0.2) is 14.8 Å². The van der Waals surface area contributed by atoms with Gasteiger partial charge in [0.25, 0.3) is 0 Å². The van der Waals surface area contributed by atoms with Crippen molar-refractivity contribution in [3.8, 4) is 0 Å². The number of aromatic nitrogens is 4. The summed E-state index contributed by atoms with van der Waals surface area (Å²) < 4.78 is 0. The van der Waals surface area contributed by atoms with Gasteiger partial charge in [-0.05, 0) is 43.2 Å². The van der Waals surface area contributed by atoms with E-state index in [1.165, 1.54) is 17.1 Å². The topological polar surface area (TPSA) is 94.7 Å². The van der Waals surface area contributed by atoms with Crippen molar-refractivity contribution in [2.45, 2.75) is 13.8 Å². The molecule has 0 aliphatic heterocycles. The van der Waals surface area contributed by atoms with Gasteiger partial charge >= 0.3 is 56.5 Å². The van der Waals surface area contributed by atoms with E-state index >= 15 is 0 Å². The molecule has 3 N–H and O–H groups in total. The standard InChI is InChI=1S/C9H8N2O2.C8H8N2.I3.I2/c1-5-2-6-7(9(12)13)4-11-8(6)10-3-5;1-6-4-7-2-3-9-8(7)10-5-6;1-3-2;1-2/h2-4H,1H3,(H,10,11)(H,12,13);2-5H,1H3,(H,9,10);;/q;;-1;. The zero-order valence-electron chi connectivity index (χ0n) is 14.7. The average Bonchev–Trinajstić information content (AvgIpc) is 3.30. The van der Waals surface area contributed by atoms with E-state index in [9.17, 15) is 4.79 Å². The van der Waals surface area contributed by atoms with Gasteiger partial charge < -0.3 is 15.1 Å². The normalized spacial score (nSPS) is 9.64. The zero-order chi connectivity index (χ0) is 21.1. The third kappa shape index (κ3) is 8.32. The molecule has 11 heteroatoms. The van der Waals surface area contributed by atoms with Crippen molar-refractivity contribution < 1.29 is 23.2 Å². The molecule has 4 aromatic heterocycles. The number of carbonyl (C=O) groups is 1. The van der Waals surface area contributed by atoms with E-state index in [0.717, 1.165) is 11.2 Å². The van der Waals surface area contributed by atoms with E-state index in [2.05, 4.69) is 100 Å². The number of rotatable bonds is 1. The van der Waals surface area contributed by atoms with Crippen LogP contribution in [0.15, 0.2) is 43.0 Å². The Hall–Kier alpha value is 0.500.